The topological polar surface area (TPSA) is 72.2 Å². The van der Waals surface area contributed by atoms with Crippen LogP contribution in [0.15, 0.2) is 47.4 Å². The maximum Gasteiger partial charge on any atom is 0.248 e. The maximum atomic E-state index is 13.0. The third-order valence-electron chi connectivity index (χ3n) is 2.96. The fraction of sp³-hybridized carbons (Fsp3) is 0.125. The van der Waals surface area contributed by atoms with Crippen molar-refractivity contribution < 1.29 is 18.4 Å². The van der Waals surface area contributed by atoms with E-state index in [1.807, 2.05) is 0 Å². The third-order valence-corrected chi connectivity index (χ3v) is 3.96. The fourth-order valence-electron chi connectivity index (χ4n) is 1.80. The van der Waals surface area contributed by atoms with Gasteiger partial charge < -0.3 is 11.1 Å². The Bertz CT molecular complexity index is 738. The highest BCUT2D eigenvalue weighted by Gasteiger charge is 2.07. The monoisotopic (exact) mass is 336 g/mol. The summed E-state index contributed by atoms with van der Waals surface area (Å²) in [5.41, 5.74) is 6.30. The van der Waals surface area contributed by atoms with E-state index < -0.39 is 17.5 Å². The van der Waals surface area contributed by atoms with E-state index in [0.717, 1.165) is 29.5 Å². The van der Waals surface area contributed by atoms with Crippen molar-refractivity contribution in [2.24, 2.45) is 5.73 Å². The molecule has 0 atom stereocenters. The molecule has 0 saturated heterocycles. The van der Waals surface area contributed by atoms with E-state index in [1.54, 1.807) is 24.3 Å². The minimum absolute atomic E-state index is 0.0700. The zero-order valence-electron chi connectivity index (χ0n) is 12.0. The van der Waals surface area contributed by atoms with Gasteiger partial charge >= 0.3 is 0 Å². The first kappa shape index (κ1) is 17.0. The van der Waals surface area contributed by atoms with E-state index in [2.05, 4.69) is 5.32 Å². The van der Waals surface area contributed by atoms with Gasteiger partial charge in [0, 0.05) is 17.0 Å². The molecule has 120 valence electrons. The van der Waals surface area contributed by atoms with Crippen molar-refractivity contribution >= 4 is 23.6 Å². The second-order valence-corrected chi connectivity index (χ2v) is 5.75. The van der Waals surface area contributed by atoms with Crippen LogP contribution in [0.2, 0.25) is 0 Å². The van der Waals surface area contributed by atoms with Crippen molar-refractivity contribution in [2.75, 3.05) is 5.75 Å². The highest BCUT2D eigenvalue weighted by Crippen LogP contribution is 2.20. The Kier molecular flexibility index (Phi) is 5.70. The molecule has 0 fully saturated rings. The molecule has 0 aliphatic carbocycles. The van der Waals surface area contributed by atoms with Crippen molar-refractivity contribution in [1.82, 2.24) is 5.32 Å². The molecule has 0 unspecified atom stereocenters. The van der Waals surface area contributed by atoms with Crippen molar-refractivity contribution in [1.29, 1.82) is 0 Å². The number of rotatable bonds is 6. The van der Waals surface area contributed by atoms with Crippen molar-refractivity contribution in [3.05, 3.63) is 65.2 Å². The lowest BCUT2D eigenvalue weighted by molar-refractivity contribution is -0.118. The highest BCUT2D eigenvalue weighted by molar-refractivity contribution is 8.00. The molecular formula is C16H14F2N2O2S. The molecule has 2 aromatic rings. The number of amides is 2. The van der Waals surface area contributed by atoms with E-state index in [0.29, 0.717) is 10.5 Å². The molecular weight excluding hydrogens is 322 g/mol. The number of benzene rings is 2. The minimum Gasteiger partial charge on any atom is -0.366 e. The number of hydrogen-bond acceptors (Lipinski definition) is 3. The van der Waals surface area contributed by atoms with Gasteiger partial charge in [-0.05, 0) is 35.9 Å². The van der Waals surface area contributed by atoms with Crippen LogP contribution in [0, 0.1) is 11.6 Å². The van der Waals surface area contributed by atoms with Gasteiger partial charge in [0.25, 0.3) is 0 Å². The predicted octanol–water partition coefficient (Wildman–Crippen LogP) is 2.47. The zero-order valence-corrected chi connectivity index (χ0v) is 12.8. The Labute approximate surface area is 136 Å². The summed E-state index contributed by atoms with van der Waals surface area (Å²) < 4.78 is 25.8. The first-order chi connectivity index (χ1) is 11.0. The van der Waals surface area contributed by atoms with Crippen LogP contribution in [-0.4, -0.2) is 17.6 Å². The van der Waals surface area contributed by atoms with Crippen LogP contribution in [0.25, 0.3) is 0 Å². The van der Waals surface area contributed by atoms with Gasteiger partial charge in [-0.25, -0.2) is 8.78 Å². The van der Waals surface area contributed by atoms with Crippen LogP contribution < -0.4 is 11.1 Å². The predicted molar refractivity (Wildman–Crippen MR) is 83.9 cm³/mol. The van der Waals surface area contributed by atoms with Crippen molar-refractivity contribution in [3.63, 3.8) is 0 Å². The summed E-state index contributed by atoms with van der Waals surface area (Å²) in [6.07, 6.45) is 0. The van der Waals surface area contributed by atoms with Crippen LogP contribution in [0.4, 0.5) is 8.78 Å². The lowest BCUT2D eigenvalue weighted by Gasteiger charge is -2.06. The molecule has 4 nitrogen and oxygen atoms in total. The van der Waals surface area contributed by atoms with Gasteiger partial charge in [-0.2, -0.15) is 0 Å². The molecule has 0 heterocycles. The molecule has 2 aromatic carbocycles. The third kappa shape index (κ3) is 5.07. The van der Waals surface area contributed by atoms with Gasteiger partial charge in [0.2, 0.25) is 11.8 Å². The Morgan fingerprint density at radius 1 is 1.09 bits per heavy atom. The number of primary amides is 1. The number of halogens is 2. The lowest BCUT2D eigenvalue weighted by Crippen LogP contribution is -2.24. The first-order valence-corrected chi connectivity index (χ1v) is 7.67. The number of hydrogen-bond donors (Lipinski definition) is 2. The van der Waals surface area contributed by atoms with Crippen LogP contribution in [-0.2, 0) is 11.3 Å². The number of carbonyl (C=O) groups is 2. The normalized spacial score (nSPS) is 10.3. The Balaban J connectivity index is 1.84. The average molecular weight is 336 g/mol. The molecule has 23 heavy (non-hydrogen) atoms. The summed E-state index contributed by atoms with van der Waals surface area (Å²) in [6, 6.07) is 10.1. The van der Waals surface area contributed by atoms with E-state index in [1.165, 1.54) is 6.07 Å². The van der Waals surface area contributed by atoms with E-state index in [4.69, 9.17) is 5.73 Å². The molecule has 0 saturated carbocycles. The molecule has 0 radical (unpaired) electrons. The molecule has 0 aliphatic rings. The van der Waals surface area contributed by atoms with E-state index >= 15 is 0 Å². The first-order valence-electron chi connectivity index (χ1n) is 6.69. The second kappa shape index (κ2) is 7.73. The number of carbonyl (C=O) groups excluding carboxylic acids is 2. The van der Waals surface area contributed by atoms with Crippen LogP contribution in [0.5, 0.6) is 0 Å². The minimum atomic E-state index is -0.946. The maximum absolute atomic E-state index is 13.0. The van der Waals surface area contributed by atoms with Crippen LogP contribution in [0.1, 0.15) is 15.9 Å². The summed E-state index contributed by atoms with van der Waals surface area (Å²) in [7, 11) is 0. The number of thioether (sulfide) groups is 1. The van der Waals surface area contributed by atoms with E-state index in [9.17, 15) is 18.4 Å². The molecule has 0 spiro atoms. The average Bonchev–Trinajstić information content (AvgIpc) is 2.54. The van der Waals surface area contributed by atoms with Crippen molar-refractivity contribution in [3.8, 4) is 0 Å². The summed E-state index contributed by atoms with van der Waals surface area (Å²) in [5.74, 6) is -2.59. The molecule has 3 N–H and O–H groups in total. The van der Waals surface area contributed by atoms with Gasteiger partial charge in [-0.15, -0.1) is 11.8 Å². The molecule has 7 heteroatoms. The number of nitrogens with one attached hydrogen (secondary N) is 1. The molecule has 0 aromatic heterocycles. The molecule has 0 bridgehead atoms. The quantitative estimate of drug-likeness (QED) is 0.796. The van der Waals surface area contributed by atoms with Crippen LogP contribution in [0.3, 0.4) is 0 Å². The highest BCUT2D eigenvalue weighted by atomic mass is 32.2. The summed E-state index contributed by atoms with van der Waals surface area (Å²) in [6.45, 7) is 0.248. The fourth-order valence-corrected chi connectivity index (χ4v) is 2.55. The summed E-state index contributed by atoms with van der Waals surface area (Å²) in [5, 5.41) is 2.68. The van der Waals surface area contributed by atoms with Crippen LogP contribution >= 0.6 is 11.8 Å². The largest absolute Gasteiger partial charge is 0.366 e. The molecule has 0 aliphatic heterocycles. The van der Waals surface area contributed by atoms with Gasteiger partial charge in [0.15, 0.2) is 11.6 Å². The standard InChI is InChI=1S/C16H14F2N2O2S/c17-13-5-4-12(7-14(13)18)23-9-15(21)20-8-10-2-1-3-11(6-10)16(19)22/h1-7H,8-9H2,(H2,19,22)(H,20,21). The van der Waals surface area contributed by atoms with Gasteiger partial charge in [-0.3, -0.25) is 9.59 Å². The Morgan fingerprint density at radius 2 is 1.87 bits per heavy atom. The smallest absolute Gasteiger partial charge is 0.248 e. The lowest BCUT2D eigenvalue weighted by atomic mass is 10.1. The zero-order chi connectivity index (χ0) is 16.8. The summed E-state index contributed by atoms with van der Waals surface area (Å²) >= 11 is 1.10. The van der Waals surface area contributed by atoms with Crippen molar-refractivity contribution in [2.45, 2.75) is 11.4 Å². The Hall–Kier alpha value is -2.41. The van der Waals surface area contributed by atoms with Gasteiger partial charge in [0.05, 0.1) is 5.75 Å². The number of nitrogens with two attached hydrogens (primary N) is 1. The van der Waals surface area contributed by atoms with Gasteiger partial charge in [-0.1, -0.05) is 12.1 Å². The van der Waals surface area contributed by atoms with Gasteiger partial charge in [0.1, 0.15) is 0 Å². The van der Waals surface area contributed by atoms with E-state index in [-0.39, 0.29) is 18.2 Å². The SMILES string of the molecule is NC(=O)c1cccc(CNC(=O)CSc2ccc(F)c(F)c2)c1. The second-order valence-electron chi connectivity index (χ2n) is 4.71. The molecule has 2 rings (SSSR count). The summed E-state index contributed by atoms with van der Waals surface area (Å²) in [4.78, 5) is 23.3. The Morgan fingerprint density at radius 3 is 2.57 bits per heavy atom. The molecule has 2 amide bonds.